The first-order valence-electron chi connectivity index (χ1n) is 7.14. The Bertz CT molecular complexity index is 601. The molecule has 0 unspecified atom stereocenters. The number of hydrogen-bond acceptors (Lipinski definition) is 1. The molecule has 0 heterocycles. The van der Waals surface area contributed by atoms with Crippen molar-refractivity contribution in [3.05, 3.63) is 34.9 Å². The van der Waals surface area contributed by atoms with E-state index in [1.807, 2.05) is 20.8 Å². The summed E-state index contributed by atoms with van der Waals surface area (Å²) in [6.45, 7) is 10.7. The standard InChI is InChI=1S/C17H21F5O/c1-14(2,3)10-7-8-11(12(9-10)15(4,5)6)13(23)16(18,19)17(20,21)22/h7-9H,1-6H3. The second-order valence-electron chi connectivity index (χ2n) is 7.66. The van der Waals surface area contributed by atoms with E-state index in [0.717, 1.165) is 11.6 Å². The van der Waals surface area contributed by atoms with E-state index in [-0.39, 0.29) is 11.0 Å². The van der Waals surface area contributed by atoms with Crippen LogP contribution in [-0.4, -0.2) is 17.9 Å². The number of benzene rings is 1. The van der Waals surface area contributed by atoms with Gasteiger partial charge in [-0.2, -0.15) is 22.0 Å². The predicted molar refractivity (Wildman–Crippen MR) is 79.2 cm³/mol. The van der Waals surface area contributed by atoms with E-state index >= 15 is 0 Å². The predicted octanol–water partition coefficient (Wildman–Crippen LogP) is 5.66. The molecule has 0 radical (unpaired) electrons. The molecule has 1 aromatic rings. The second-order valence-corrected chi connectivity index (χ2v) is 7.66. The van der Waals surface area contributed by atoms with Gasteiger partial charge in [0.2, 0.25) is 5.78 Å². The molecule has 0 N–H and O–H groups in total. The molecule has 0 bridgehead atoms. The minimum atomic E-state index is -5.91. The molecule has 0 atom stereocenters. The van der Waals surface area contributed by atoms with Crippen LogP contribution >= 0.6 is 0 Å². The lowest BCUT2D eigenvalue weighted by Gasteiger charge is -2.28. The molecular formula is C17H21F5O. The number of carbonyl (C=O) groups is 1. The molecule has 0 aliphatic rings. The van der Waals surface area contributed by atoms with E-state index < -0.39 is 28.9 Å². The average Bonchev–Trinajstić information content (AvgIpc) is 2.33. The van der Waals surface area contributed by atoms with Gasteiger partial charge in [-0.25, -0.2) is 0 Å². The first-order chi connectivity index (χ1) is 9.99. The van der Waals surface area contributed by atoms with Gasteiger partial charge in [0.15, 0.2) is 0 Å². The first-order valence-corrected chi connectivity index (χ1v) is 7.14. The van der Waals surface area contributed by atoms with Crippen LogP contribution in [-0.2, 0) is 10.8 Å². The fourth-order valence-corrected chi connectivity index (χ4v) is 2.13. The van der Waals surface area contributed by atoms with Gasteiger partial charge in [0.05, 0.1) is 0 Å². The Morgan fingerprint density at radius 3 is 1.65 bits per heavy atom. The Labute approximate surface area is 132 Å². The highest BCUT2D eigenvalue weighted by Crippen LogP contribution is 2.40. The maximum atomic E-state index is 13.4. The minimum Gasteiger partial charge on any atom is -0.287 e. The van der Waals surface area contributed by atoms with Crippen molar-refractivity contribution in [2.45, 2.75) is 64.5 Å². The van der Waals surface area contributed by atoms with Crippen LogP contribution in [0.2, 0.25) is 0 Å². The van der Waals surface area contributed by atoms with Crippen LogP contribution < -0.4 is 0 Å². The fourth-order valence-electron chi connectivity index (χ4n) is 2.13. The van der Waals surface area contributed by atoms with Crippen LogP contribution in [0.15, 0.2) is 18.2 Å². The van der Waals surface area contributed by atoms with Crippen LogP contribution in [0.4, 0.5) is 22.0 Å². The molecule has 130 valence electrons. The molecule has 0 saturated heterocycles. The van der Waals surface area contributed by atoms with E-state index in [2.05, 4.69) is 0 Å². The van der Waals surface area contributed by atoms with E-state index in [1.165, 1.54) is 6.07 Å². The molecule has 0 aromatic heterocycles. The Morgan fingerprint density at radius 2 is 1.30 bits per heavy atom. The van der Waals surface area contributed by atoms with Crippen molar-refractivity contribution < 1.29 is 26.7 Å². The van der Waals surface area contributed by atoms with Crippen molar-refractivity contribution >= 4 is 5.78 Å². The third-order valence-corrected chi connectivity index (χ3v) is 3.58. The molecule has 1 aromatic carbocycles. The molecular weight excluding hydrogens is 315 g/mol. The van der Waals surface area contributed by atoms with E-state index in [0.29, 0.717) is 0 Å². The average molecular weight is 336 g/mol. The Hall–Kier alpha value is -1.46. The molecule has 0 saturated carbocycles. The van der Waals surface area contributed by atoms with Crippen molar-refractivity contribution in [2.24, 2.45) is 0 Å². The smallest absolute Gasteiger partial charge is 0.287 e. The van der Waals surface area contributed by atoms with Crippen LogP contribution in [0, 0.1) is 0 Å². The largest absolute Gasteiger partial charge is 0.461 e. The maximum absolute atomic E-state index is 13.4. The zero-order chi connectivity index (χ0) is 18.4. The Kier molecular flexibility index (Phi) is 4.74. The normalized spacial score (nSPS) is 14.0. The van der Waals surface area contributed by atoms with Gasteiger partial charge in [0.25, 0.3) is 0 Å². The SMILES string of the molecule is CC(C)(C)c1ccc(C(=O)C(F)(F)C(F)(F)F)c(C(C)(C)C)c1. The van der Waals surface area contributed by atoms with E-state index in [1.54, 1.807) is 26.8 Å². The zero-order valence-electron chi connectivity index (χ0n) is 14.0. The van der Waals surface area contributed by atoms with Crippen molar-refractivity contribution in [3.63, 3.8) is 0 Å². The summed E-state index contributed by atoms with van der Waals surface area (Å²) >= 11 is 0. The molecule has 1 rings (SSSR count). The van der Waals surface area contributed by atoms with Crippen LogP contribution in [0.3, 0.4) is 0 Å². The van der Waals surface area contributed by atoms with Crippen molar-refractivity contribution in [1.29, 1.82) is 0 Å². The van der Waals surface area contributed by atoms with E-state index in [9.17, 15) is 26.7 Å². The lowest BCUT2D eigenvalue weighted by molar-refractivity contribution is -0.255. The zero-order valence-corrected chi connectivity index (χ0v) is 14.0. The third-order valence-electron chi connectivity index (χ3n) is 3.58. The summed E-state index contributed by atoms with van der Waals surface area (Å²) in [6, 6.07) is 4.04. The number of Topliss-reactive ketones (excluding diaryl/α,β-unsaturated/α-hetero) is 1. The number of carbonyl (C=O) groups excluding carboxylic acids is 1. The fraction of sp³-hybridized carbons (Fsp3) is 0.588. The van der Waals surface area contributed by atoms with Crippen molar-refractivity contribution in [3.8, 4) is 0 Å². The summed E-state index contributed by atoms with van der Waals surface area (Å²) in [4.78, 5) is 11.9. The van der Waals surface area contributed by atoms with Crippen LogP contribution in [0.25, 0.3) is 0 Å². The second kappa shape index (κ2) is 5.56. The van der Waals surface area contributed by atoms with Gasteiger partial charge in [-0.05, 0) is 22.0 Å². The summed E-state index contributed by atoms with van der Waals surface area (Å²) in [5, 5.41) is 0. The molecule has 0 aliphatic heterocycles. The highest BCUT2D eigenvalue weighted by Gasteiger charge is 2.63. The first kappa shape index (κ1) is 19.6. The molecule has 0 amide bonds. The highest BCUT2D eigenvalue weighted by molar-refractivity contribution is 6.03. The van der Waals surface area contributed by atoms with Gasteiger partial charge in [0.1, 0.15) is 0 Å². The van der Waals surface area contributed by atoms with Gasteiger partial charge in [-0.3, -0.25) is 4.79 Å². The highest BCUT2D eigenvalue weighted by atomic mass is 19.4. The number of halogens is 5. The number of rotatable bonds is 2. The topological polar surface area (TPSA) is 17.1 Å². The van der Waals surface area contributed by atoms with Crippen molar-refractivity contribution in [1.82, 2.24) is 0 Å². The molecule has 1 nitrogen and oxygen atoms in total. The summed E-state index contributed by atoms with van der Waals surface area (Å²) in [6.07, 6.45) is -5.91. The quantitative estimate of drug-likeness (QED) is 0.503. The summed E-state index contributed by atoms with van der Waals surface area (Å²) in [7, 11) is 0. The summed E-state index contributed by atoms with van der Waals surface area (Å²) < 4.78 is 64.4. The third kappa shape index (κ3) is 3.90. The summed E-state index contributed by atoms with van der Waals surface area (Å²) in [5.41, 5.74) is -0.733. The van der Waals surface area contributed by atoms with Crippen LogP contribution in [0.5, 0.6) is 0 Å². The van der Waals surface area contributed by atoms with Gasteiger partial charge < -0.3 is 0 Å². The Morgan fingerprint density at radius 1 is 0.826 bits per heavy atom. The summed E-state index contributed by atoms with van der Waals surface area (Å²) in [5.74, 6) is -7.62. The number of alkyl halides is 5. The lowest BCUT2D eigenvalue weighted by atomic mass is 9.77. The number of hydrogen-bond donors (Lipinski definition) is 0. The maximum Gasteiger partial charge on any atom is 0.461 e. The van der Waals surface area contributed by atoms with Crippen molar-refractivity contribution in [2.75, 3.05) is 0 Å². The molecule has 0 fully saturated rings. The van der Waals surface area contributed by atoms with Gasteiger partial charge in [0, 0.05) is 5.56 Å². The molecule has 0 aliphatic carbocycles. The van der Waals surface area contributed by atoms with Crippen LogP contribution in [0.1, 0.15) is 63.0 Å². The lowest BCUT2D eigenvalue weighted by Crippen LogP contribution is -2.44. The van der Waals surface area contributed by atoms with Gasteiger partial charge >= 0.3 is 12.1 Å². The molecule has 23 heavy (non-hydrogen) atoms. The van der Waals surface area contributed by atoms with E-state index in [4.69, 9.17) is 0 Å². The number of ketones is 1. The Balaban J connectivity index is 3.58. The molecule has 6 heteroatoms. The molecule has 0 spiro atoms. The van der Waals surface area contributed by atoms with Gasteiger partial charge in [-0.15, -0.1) is 0 Å². The monoisotopic (exact) mass is 336 g/mol. The minimum absolute atomic E-state index is 0.179. The van der Waals surface area contributed by atoms with Gasteiger partial charge in [-0.1, -0.05) is 59.7 Å².